The van der Waals surface area contributed by atoms with Gasteiger partial charge in [0, 0.05) is 32.2 Å². The number of piperidine rings is 1. The van der Waals surface area contributed by atoms with E-state index < -0.39 is 0 Å². The van der Waals surface area contributed by atoms with Crippen LogP contribution < -0.4 is 5.32 Å². The number of aliphatic hydroxyl groups excluding tert-OH is 1. The molecule has 1 saturated heterocycles. The zero-order valence-corrected chi connectivity index (χ0v) is 12.0. The van der Waals surface area contributed by atoms with Gasteiger partial charge in [0.05, 0.1) is 6.61 Å². The maximum absolute atomic E-state index is 12.0. The predicted molar refractivity (Wildman–Crippen MR) is 77.1 cm³/mol. The number of nitrogens with zero attached hydrogens (tertiary/aromatic N) is 2. The zero-order valence-electron chi connectivity index (χ0n) is 12.0. The molecule has 110 valence electrons. The molecule has 5 heteroatoms. The number of likely N-dealkylation sites (tertiary alicyclic amines) is 1. The number of nitrogens with one attached hydrogen (secondary N) is 1. The zero-order chi connectivity index (χ0) is 14.1. The molecular weight excluding hydrogens is 242 g/mol. The Morgan fingerprint density at radius 3 is 2.74 bits per heavy atom. The molecule has 0 unspecified atom stereocenters. The number of amides is 2. The van der Waals surface area contributed by atoms with E-state index in [-0.39, 0.29) is 18.7 Å². The van der Waals surface area contributed by atoms with Gasteiger partial charge in [0.25, 0.3) is 0 Å². The van der Waals surface area contributed by atoms with Crippen molar-refractivity contribution in [3.63, 3.8) is 0 Å². The molecule has 5 nitrogen and oxygen atoms in total. The minimum absolute atomic E-state index is 0.0177. The lowest BCUT2D eigenvalue weighted by Gasteiger charge is -2.33. The smallest absolute Gasteiger partial charge is 0.317 e. The van der Waals surface area contributed by atoms with Crippen LogP contribution >= 0.6 is 0 Å². The van der Waals surface area contributed by atoms with Gasteiger partial charge in [0.1, 0.15) is 0 Å². The van der Waals surface area contributed by atoms with Gasteiger partial charge in [-0.1, -0.05) is 13.0 Å². The standard InChI is InChI=1S/C14H27N3O2/c1-3-7-16-9-5-13(6-10-16)15-14(19)17(8-4-2)11-12-18/h4,13,18H,2-3,5-12H2,1H3,(H,15,19). The van der Waals surface area contributed by atoms with Gasteiger partial charge in [-0.05, 0) is 25.8 Å². The Morgan fingerprint density at radius 2 is 2.21 bits per heavy atom. The highest BCUT2D eigenvalue weighted by Crippen LogP contribution is 2.11. The molecule has 0 aromatic heterocycles. The molecule has 0 bridgehead atoms. The van der Waals surface area contributed by atoms with Crippen LogP contribution in [0.15, 0.2) is 12.7 Å². The van der Waals surface area contributed by atoms with Crippen LogP contribution in [-0.4, -0.2) is 66.3 Å². The molecule has 1 aliphatic heterocycles. The Balaban J connectivity index is 2.34. The highest BCUT2D eigenvalue weighted by atomic mass is 16.3. The number of rotatable bonds is 7. The van der Waals surface area contributed by atoms with Gasteiger partial charge >= 0.3 is 6.03 Å². The normalized spacial score (nSPS) is 17.2. The van der Waals surface area contributed by atoms with Crippen LogP contribution in [0, 0.1) is 0 Å². The van der Waals surface area contributed by atoms with E-state index in [0.717, 1.165) is 32.5 Å². The summed E-state index contributed by atoms with van der Waals surface area (Å²) in [6.07, 6.45) is 4.87. The molecule has 19 heavy (non-hydrogen) atoms. The second-order valence-electron chi connectivity index (χ2n) is 5.02. The summed E-state index contributed by atoms with van der Waals surface area (Å²) in [6.45, 7) is 9.89. The van der Waals surface area contributed by atoms with E-state index in [1.165, 1.54) is 6.42 Å². The van der Waals surface area contributed by atoms with Crippen molar-refractivity contribution < 1.29 is 9.90 Å². The lowest BCUT2D eigenvalue weighted by Crippen LogP contribution is -2.49. The lowest BCUT2D eigenvalue weighted by atomic mass is 10.1. The molecule has 0 aliphatic carbocycles. The Morgan fingerprint density at radius 1 is 1.53 bits per heavy atom. The fraction of sp³-hybridized carbons (Fsp3) is 0.786. The topological polar surface area (TPSA) is 55.8 Å². The van der Waals surface area contributed by atoms with E-state index in [2.05, 4.69) is 23.7 Å². The molecule has 1 fully saturated rings. The molecular formula is C14H27N3O2. The van der Waals surface area contributed by atoms with Crippen molar-refractivity contribution in [2.24, 2.45) is 0 Å². The van der Waals surface area contributed by atoms with E-state index in [0.29, 0.717) is 13.1 Å². The SMILES string of the molecule is C=CCN(CCO)C(=O)NC1CCN(CCC)CC1. The van der Waals surface area contributed by atoms with Gasteiger partial charge in [0.2, 0.25) is 0 Å². The van der Waals surface area contributed by atoms with Crippen LogP contribution in [0.1, 0.15) is 26.2 Å². The molecule has 0 aromatic carbocycles. The van der Waals surface area contributed by atoms with Crippen LogP contribution in [0.25, 0.3) is 0 Å². The molecule has 1 aliphatic rings. The molecule has 0 atom stereocenters. The third kappa shape index (κ3) is 5.61. The molecule has 2 amide bonds. The molecule has 1 rings (SSSR count). The van der Waals surface area contributed by atoms with Crippen molar-refractivity contribution in [1.29, 1.82) is 0 Å². The quantitative estimate of drug-likeness (QED) is 0.679. The van der Waals surface area contributed by atoms with E-state index >= 15 is 0 Å². The van der Waals surface area contributed by atoms with E-state index in [9.17, 15) is 4.79 Å². The van der Waals surface area contributed by atoms with Crippen molar-refractivity contribution in [3.05, 3.63) is 12.7 Å². The van der Waals surface area contributed by atoms with Crippen LogP contribution in [-0.2, 0) is 0 Å². The average Bonchev–Trinajstić information content (AvgIpc) is 2.41. The first kappa shape index (κ1) is 16.0. The van der Waals surface area contributed by atoms with Crippen molar-refractivity contribution in [2.45, 2.75) is 32.2 Å². The molecule has 0 saturated carbocycles. The van der Waals surface area contributed by atoms with E-state index in [1.54, 1.807) is 11.0 Å². The van der Waals surface area contributed by atoms with Gasteiger partial charge in [-0.2, -0.15) is 0 Å². The van der Waals surface area contributed by atoms with Gasteiger partial charge < -0.3 is 20.2 Å². The van der Waals surface area contributed by atoms with Gasteiger partial charge in [-0.15, -0.1) is 6.58 Å². The van der Waals surface area contributed by atoms with Crippen molar-refractivity contribution >= 4 is 6.03 Å². The highest BCUT2D eigenvalue weighted by molar-refractivity contribution is 5.74. The molecule has 2 N–H and O–H groups in total. The monoisotopic (exact) mass is 269 g/mol. The Bertz CT molecular complexity index is 276. The third-order valence-corrected chi connectivity index (χ3v) is 3.46. The number of hydrogen-bond donors (Lipinski definition) is 2. The van der Waals surface area contributed by atoms with Crippen LogP contribution in [0.3, 0.4) is 0 Å². The molecule has 1 heterocycles. The Hall–Kier alpha value is -1.07. The van der Waals surface area contributed by atoms with Crippen LogP contribution in [0.2, 0.25) is 0 Å². The van der Waals surface area contributed by atoms with Crippen molar-refractivity contribution in [3.8, 4) is 0 Å². The number of hydrogen-bond acceptors (Lipinski definition) is 3. The maximum atomic E-state index is 12.0. The number of aliphatic hydroxyl groups is 1. The summed E-state index contributed by atoms with van der Waals surface area (Å²) >= 11 is 0. The maximum Gasteiger partial charge on any atom is 0.317 e. The van der Waals surface area contributed by atoms with E-state index in [1.807, 2.05) is 0 Å². The van der Waals surface area contributed by atoms with Crippen molar-refractivity contribution in [1.82, 2.24) is 15.1 Å². The third-order valence-electron chi connectivity index (χ3n) is 3.46. The summed E-state index contributed by atoms with van der Waals surface area (Å²) < 4.78 is 0. The number of carbonyl (C=O) groups is 1. The summed E-state index contributed by atoms with van der Waals surface area (Å²) in [5.41, 5.74) is 0. The molecule has 0 spiro atoms. The summed E-state index contributed by atoms with van der Waals surface area (Å²) in [5.74, 6) is 0. The Kier molecular flexibility index (Phi) is 7.52. The van der Waals surface area contributed by atoms with Crippen molar-refractivity contribution in [2.75, 3.05) is 39.3 Å². The minimum Gasteiger partial charge on any atom is -0.395 e. The summed E-state index contributed by atoms with van der Waals surface area (Å²) in [6, 6.07) is 0.162. The van der Waals surface area contributed by atoms with Gasteiger partial charge in [-0.25, -0.2) is 4.79 Å². The lowest BCUT2D eigenvalue weighted by molar-refractivity contribution is 0.165. The fourth-order valence-electron chi connectivity index (χ4n) is 2.44. The minimum atomic E-state index is -0.0945. The summed E-state index contributed by atoms with van der Waals surface area (Å²) in [5, 5.41) is 12.0. The van der Waals surface area contributed by atoms with Crippen LogP contribution in [0.4, 0.5) is 4.79 Å². The Labute approximate surface area is 116 Å². The first-order valence-corrected chi connectivity index (χ1v) is 7.20. The highest BCUT2D eigenvalue weighted by Gasteiger charge is 2.21. The van der Waals surface area contributed by atoms with Gasteiger partial charge in [0.15, 0.2) is 0 Å². The second-order valence-corrected chi connectivity index (χ2v) is 5.02. The number of carbonyl (C=O) groups excluding carboxylic acids is 1. The first-order chi connectivity index (χ1) is 9.21. The molecule has 0 aromatic rings. The fourth-order valence-corrected chi connectivity index (χ4v) is 2.44. The van der Waals surface area contributed by atoms with E-state index in [4.69, 9.17) is 5.11 Å². The average molecular weight is 269 g/mol. The summed E-state index contributed by atoms with van der Waals surface area (Å²) in [7, 11) is 0. The molecule has 0 radical (unpaired) electrons. The number of urea groups is 1. The largest absolute Gasteiger partial charge is 0.395 e. The first-order valence-electron chi connectivity index (χ1n) is 7.20. The second kappa shape index (κ2) is 8.93. The predicted octanol–water partition coefficient (Wildman–Crippen LogP) is 1.05. The van der Waals surface area contributed by atoms with Crippen LogP contribution in [0.5, 0.6) is 0 Å². The van der Waals surface area contributed by atoms with Gasteiger partial charge in [-0.3, -0.25) is 0 Å². The summed E-state index contributed by atoms with van der Waals surface area (Å²) in [4.78, 5) is 16.1.